The van der Waals surface area contributed by atoms with E-state index in [1.807, 2.05) is 0 Å². The monoisotopic (exact) mass is 963 g/mol. The van der Waals surface area contributed by atoms with E-state index in [0.717, 1.165) is 171 Å². The molecule has 4 aromatic carbocycles. The minimum atomic E-state index is 0.736. The first-order valence-electron chi connectivity index (χ1n) is 28.7. The molecule has 0 fully saturated rings. The molecule has 3 aromatic heterocycles. The molecule has 0 saturated carbocycles. The number of benzene rings is 4. The Kier molecular flexibility index (Phi) is 14.7. The van der Waals surface area contributed by atoms with Crippen LogP contribution >= 0.6 is 0 Å². The van der Waals surface area contributed by atoms with E-state index in [-0.39, 0.29) is 0 Å². The molecule has 9 rings (SSSR count). The first-order valence-corrected chi connectivity index (χ1v) is 28.7. The minimum absolute atomic E-state index is 0.736. The molecule has 2 aliphatic rings. The van der Waals surface area contributed by atoms with Crippen molar-refractivity contribution in [2.24, 2.45) is 0 Å². The molecule has 378 valence electrons. The summed E-state index contributed by atoms with van der Waals surface area (Å²) in [4.78, 5) is 42.9. The van der Waals surface area contributed by atoms with Gasteiger partial charge in [-0.1, -0.05) is 111 Å². The molecule has 0 amide bonds. The second-order valence-corrected chi connectivity index (χ2v) is 19.9. The third kappa shape index (κ3) is 7.41. The van der Waals surface area contributed by atoms with E-state index in [4.69, 9.17) is 29.9 Å². The first kappa shape index (κ1) is 51.2. The van der Waals surface area contributed by atoms with Crippen LogP contribution in [0, 0.1) is 0 Å². The number of hydrogen-bond donors (Lipinski definition) is 2. The summed E-state index contributed by atoms with van der Waals surface area (Å²) < 4.78 is 0. The summed E-state index contributed by atoms with van der Waals surface area (Å²) in [5.74, 6) is 2.94. The third-order valence-electron chi connectivity index (χ3n) is 17.1. The summed E-state index contributed by atoms with van der Waals surface area (Å²) in [7, 11) is 0. The maximum absolute atomic E-state index is 5.87. The van der Waals surface area contributed by atoms with Gasteiger partial charge in [0.15, 0.2) is 23.3 Å². The topological polar surface area (TPSA) is 109 Å². The van der Waals surface area contributed by atoms with Gasteiger partial charge in [0.05, 0.1) is 0 Å². The number of nitrogens with one attached hydrogen (secondary N) is 2. The number of fused-ring (bicyclic) bond motifs is 20. The lowest BCUT2D eigenvalue weighted by Gasteiger charge is -2.21. The lowest BCUT2D eigenvalue weighted by atomic mass is 9.83. The molecular formula is C64H82N8. The molecule has 8 heteroatoms. The number of rotatable bonds is 16. The van der Waals surface area contributed by atoms with Gasteiger partial charge in [-0.25, -0.2) is 29.9 Å². The Bertz CT molecular complexity index is 3040. The fourth-order valence-corrected chi connectivity index (χ4v) is 14.4. The quantitative estimate of drug-likeness (QED) is 0.0998. The molecule has 7 aromatic rings. The van der Waals surface area contributed by atoms with Crippen molar-refractivity contribution in [3.63, 3.8) is 0 Å². The lowest BCUT2D eigenvalue weighted by Crippen LogP contribution is -2.07. The standard InChI is InChI=1S/C64H82N8/c1-17-33-34(18-2)42(26-10)50-49(41(33)25-9)57-65-58(50)70-60-53-45(29-13)37(21-5)38(22-6)46(30-14)54(53)62(67-60)72-64-56-48(32-16)40(24-8)39(23-7)47(31-15)55(56)63(68-64)71-61-52-44(28-12)36(20-4)35(19-3)43(27-11)51(52)59(66-61)69-57/h17-32H2,1-16H3,(H2,65,66,67,68,69,70,71,72). The zero-order chi connectivity index (χ0) is 51.4. The van der Waals surface area contributed by atoms with Crippen LogP contribution < -0.4 is 0 Å². The normalized spacial score (nSPS) is 12.2. The Morgan fingerprint density at radius 2 is 0.347 bits per heavy atom. The average Bonchev–Trinajstić information content (AvgIpc) is 4.15. The highest BCUT2D eigenvalue weighted by Gasteiger charge is 2.33. The van der Waals surface area contributed by atoms with E-state index in [2.05, 4.69) is 121 Å². The molecule has 0 radical (unpaired) electrons. The maximum Gasteiger partial charge on any atom is 0.165 e. The van der Waals surface area contributed by atoms with Crippen molar-refractivity contribution >= 4 is 44.1 Å². The van der Waals surface area contributed by atoms with Crippen molar-refractivity contribution in [3.05, 3.63) is 89.0 Å². The highest BCUT2D eigenvalue weighted by atomic mass is 15.1. The van der Waals surface area contributed by atoms with Crippen LogP contribution in [0.2, 0.25) is 0 Å². The predicted octanol–water partition coefficient (Wildman–Crippen LogP) is 15.9. The Balaban J connectivity index is 1.67. The number of hydrogen-bond acceptors (Lipinski definition) is 6. The van der Waals surface area contributed by atoms with Crippen LogP contribution in [-0.4, -0.2) is 39.9 Å². The molecule has 0 unspecified atom stereocenters. The van der Waals surface area contributed by atoms with Crippen LogP contribution in [0.25, 0.3) is 89.7 Å². The van der Waals surface area contributed by atoms with Crippen LogP contribution in [-0.2, 0) is 103 Å². The molecule has 0 saturated heterocycles. The molecule has 5 heterocycles. The van der Waals surface area contributed by atoms with Gasteiger partial charge in [-0.3, -0.25) is 0 Å². The molecular weight excluding hydrogens is 881 g/mol. The van der Waals surface area contributed by atoms with E-state index >= 15 is 0 Å². The SMILES string of the molecule is CCc1c(CC)c(CC)c2c(c1CC)-c1nc-2nc2[nH]c(nc3nc(nc4[nH]c(n1)c1c(CC)c(CC)c(CC)c(CC)c41)-c1c(CC)c(CC)c(CC)c(CC)c1-3)c1c(CC)c(CC)c(CC)c(CC)c21. The van der Waals surface area contributed by atoms with Gasteiger partial charge >= 0.3 is 0 Å². The van der Waals surface area contributed by atoms with Crippen molar-refractivity contribution in [2.75, 3.05) is 0 Å². The van der Waals surface area contributed by atoms with E-state index < -0.39 is 0 Å². The number of aryl methyl sites for hydroxylation is 4. The van der Waals surface area contributed by atoms with Crippen LogP contribution in [0.3, 0.4) is 0 Å². The molecule has 0 aliphatic carbocycles. The molecule has 72 heavy (non-hydrogen) atoms. The molecule has 8 nitrogen and oxygen atoms in total. The van der Waals surface area contributed by atoms with Gasteiger partial charge in [0.2, 0.25) is 0 Å². The van der Waals surface area contributed by atoms with Gasteiger partial charge in [0.1, 0.15) is 22.6 Å². The summed E-state index contributed by atoms with van der Waals surface area (Å²) >= 11 is 0. The van der Waals surface area contributed by atoms with Crippen LogP contribution in [0.1, 0.15) is 200 Å². The number of aromatic amines is 2. The van der Waals surface area contributed by atoms with E-state index in [9.17, 15) is 0 Å². The molecule has 2 aliphatic heterocycles. The zero-order valence-electron chi connectivity index (χ0n) is 47.0. The van der Waals surface area contributed by atoms with Gasteiger partial charge in [-0.15, -0.1) is 0 Å². The van der Waals surface area contributed by atoms with Crippen molar-refractivity contribution in [3.8, 4) is 45.6 Å². The van der Waals surface area contributed by atoms with Crippen molar-refractivity contribution in [2.45, 2.75) is 214 Å². The van der Waals surface area contributed by atoms with Gasteiger partial charge in [-0.2, -0.15) is 0 Å². The summed E-state index contributed by atoms with van der Waals surface area (Å²) in [5.41, 5.74) is 30.2. The number of nitrogens with zero attached hydrogens (tertiary/aromatic N) is 6. The fourth-order valence-electron chi connectivity index (χ4n) is 14.4. The van der Waals surface area contributed by atoms with Crippen molar-refractivity contribution < 1.29 is 0 Å². The first-order chi connectivity index (χ1) is 35.0. The van der Waals surface area contributed by atoms with Gasteiger partial charge in [0.25, 0.3) is 0 Å². The van der Waals surface area contributed by atoms with Gasteiger partial charge in [0, 0.05) is 43.8 Å². The smallest absolute Gasteiger partial charge is 0.165 e. The second-order valence-electron chi connectivity index (χ2n) is 19.9. The maximum atomic E-state index is 5.87. The largest absolute Gasteiger partial charge is 0.324 e. The van der Waals surface area contributed by atoms with Crippen LogP contribution in [0.15, 0.2) is 0 Å². The second kappa shape index (κ2) is 20.6. The van der Waals surface area contributed by atoms with Crippen molar-refractivity contribution in [1.29, 1.82) is 0 Å². The lowest BCUT2D eigenvalue weighted by molar-refractivity contribution is 0.948. The molecule has 8 bridgehead atoms. The molecule has 0 spiro atoms. The average molecular weight is 963 g/mol. The van der Waals surface area contributed by atoms with Gasteiger partial charge in [-0.05, 0) is 192 Å². The summed E-state index contributed by atoms with van der Waals surface area (Å²) in [5, 5.41) is 4.67. The number of aromatic nitrogens is 8. The van der Waals surface area contributed by atoms with E-state index in [1.165, 1.54) is 111 Å². The Hall–Kier alpha value is -5.76. The summed E-state index contributed by atoms with van der Waals surface area (Å²) in [6.45, 7) is 37.0. The Morgan fingerprint density at radius 1 is 0.194 bits per heavy atom. The van der Waals surface area contributed by atoms with E-state index in [1.54, 1.807) is 0 Å². The Labute approximate surface area is 430 Å². The van der Waals surface area contributed by atoms with Crippen LogP contribution in [0.4, 0.5) is 0 Å². The highest BCUT2D eigenvalue weighted by molar-refractivity contribution is 6.11. The van der Waals surface area contributed by atoms with Gasteiger partial charge < -0.3 is 9.97 Å². The number of H-pyrrole nitrogens is 2. The predicted molar refractivity (Wildman–Crippen MR) is 306 cm³/mol. The highest BCUT2D eigenvalue weighted by Crippen LogP contribution is 2.48. The molecule has 0 atom stereocenters. The third-order valence-corrected chi connectivity index (χ3v) is 17.1. The minimum Gasteiger partial charge on any atom is -0.324 e. The summed E-state index contributed by atoms with van der Waals surface area (Å²) in [6.07, 6.45) is 14.7. The van der Waals surface area contributed by atoms with E-state index in [0.29, 0.717) is 0 Å². The Morgan fingerprint density at radius 3 is 0.500 bits per heavy atom. The molecule has 2 N–H and O–H groups in total. The zero-order valence-corrected chi connectivity index (χ0v) is 47.0. The fraction of sp³-hybridized carbons (Fsp3) is 0.500. The van der Waals surface area contributed by atoms with Crippen molar-refractivity contribution in [1.82, 2.24) is 39.9 Å². The van der Waals surface area contributed by atoms with Crippen LogP contribution in [0.5, 0.6) is 0 Å². The summed E-state index contributed by atoms with van der Waals surface area (Å²) in [6, 6.07) is 0.